The molecule has 1 aliphatic rings. The Kier molecular flexibility index (Phi) is 4.77. The van der Waals surface area contributed by atoms with Gasteiger partial charge in [0.2, 0.25) is 0 Å². The topological polar surface area (TPSA) is 97.7 Å². The molecule has 2 aromatic carbocycles. The van der Waals surface area contributed by atoms with Gasteiger partial charge in [0.25, 0.3) is 10.9 Å². The third kappa shape index (κ3) is 3.86. The minimum absolute atomic E-state index is 0.00719. The number of nitro groups is 1. The molecule has 138 valence electrons. The molecule has 8 heteroatoms. The number of furan rings is 1. The number of hydrogen-bond donors (Lipinski definition) is 1. The fraction of sp³-hybridized carbons (Fsp3) is 0. The SMILES string of the molecule is O=C1NC(=Nc2ccccc2)C(=Cc2ccc(-c3cccc([N+](=O)[O-])c3)o2)S1. The fourth-order valence-corrected chi connectivity index (χ4v) is 3.35. The molecule has 1 N–H and O–H groups in total. The zero-order chi connectivity index (χ0) is 19.5. The number of nitro benzene ring substituents is 1. The summed E-state index contributed by atoms with van der Waals surface area (Å²) in [7, 11) is 0. The first kappa shape index (κ1) is 17.7. The second-order valence-electron chi connectivity index (χ2n) is 5.83. The number of non-ortho nitro benzene ring substituents is 1. The number of carbonyl (C=O) groups is 1. The van der Waals surface area contributed by atoms with Crippen LogP contribution in [0.25, 0.3) is 17.4 Å². The van der Waals surface area contributed by atoms with E-state index in [1.54, 1.807) is 30.3 Å². The highest BCUT2D eigenvalue weighted by Crippen LogP contribution is 2.31. The van der Waals surface area contributed by atoms with Crippen molar-refractivity contribution in [1.82, 2.24) is 5.32 Å². The molecular weight excluding hydrogens is 378 g/mol. The van der Waals surface area contributed by atoms with Crippen molar-refractivity contribution < 1.29 is 14.1 Å². The summed E-state index contributed by atoms with van der Waals surface area (Å²) < 4.78 is 5.79. The lowest BCUT2D eigenvalue weighted by Gasteiger charge is -1.99. The van der Waals surface area contributed by atoms with Crippen molar-refractivity contribution in [3.63, 3.8) is 0 Å². The van der Waals surface area contributed by atoms with Crippen molar-refractivity contribution in [2.75, 3.05) is 0 Å². The van der Waals surface area contributed by atoms with E-state index in [1.807, 2.05) is 30.3 Å². The van der Waals surface area contributed by atoms with Crippen LogP contribution in [-0.2, 0) is 0 Å². The van der Waals surface area contributed by atoms with Crippen LogP contribution in [0.3, 0.4) is 0 Å². The Morgan fingerprint density at radius 2 is 1.89 bits per heavy atom. The zero-order valence-electron chi connectivity index (χ0n) is 14.4. The van der Waals surface area contributed by atoms with Crippen molar-refractivity contribution in [2.24, 2.45) is 4.99 Å². The summed E-state index contributed by atoms with van der Waals surface area (Å²) in [5, 5.41) is 13.5. The second-order valence-corrected chi connectivity index (χ2v) is 6.84. The van der Waals surface area contributed by atoms with Gasteiger partial charge >= 0.3 is 0 Å². The summed E-state index contributed by atoms with van der Waals surface area (Å²) in [5.41, 5.74) is 1.32. The highest BCUT2D eigenvalue weighted by atomic mass is 32.2. The summed E-state index contributed by atoms with van der Waals surface area (Å²) >= 11 is 1.03. The molecule has 7 nitrogen and oxygen atoms in total. The summed E-state index contributed by atoms with van der Waals surface area (Å²) in [6, 6.07) is 19.0. The number of amidine groups is 1. The number of hydrogen-bond acceptors (Lipinski definition) is 6. The Morgan fingerprint density at radius 1 is 1.07 bits per heavy atom. The van der Waals surface area contributed by atoms with E-state index in [1.165, 1.54) is 12.1 Å². The number of carbonyl (C=O) groups excluding carboxylic acids is 1. The molecule has 0 saturated carbocycles. The lowest BCUT2D eigenvalue weighted by Crippen LogP contribution is -2.18. The van der Waals surface area contributed by atoms with Gasteiger partial charge in [0.05, 0.1) is 15.5 Å². The number of rotatable bonds is 4. The maximum Gasteiger partial charge on any atom is 0.289 e. The Morgan fingerprint density at radius 3 is 2.68 bits per heavy atom. The Bertz CT molecular complexity index is 1120. The largest absolute Gasteiger partial charge is 0.457 e. The summed E-state index contributed by atoms with van der Waals surface area (Å²) in [6.07, 6.45) is 1.71. The van der Waals surface area contributed by atoms with Crippen LogP contribution in [0.4, 0.5) is 16.2 Å². The van der Waals surface area contributed by atoms with Gasteiger partial charge in [0.1, 0.15) is 17.4 Å². The molecule has 0 radical (unpaired) electrons. The smallest absolute Gasteiger partial charge is 0.289 e. The molecule has 0 aliphatic carbocycles. The highest BCUT2D eigenvalue weighted by molar-refractivity contribution is 8.18. The van der Waals surface area contributed by atoms with Gasteiger partial charge in [0, 0.05) is 17.7 Å². The van der Waals surface area contributed by atoms with Crippen LogP contribution in [-0.4, -0.2) is 16.0 Å². The molecule has 1 fully saturated rings. The third-order valence-corrected chi connectivity index (χ3v) is 4.71. The molecule has 1 amide bonds. The van der Waals surface area contributed by atoms with Gasteiger partial charge in [-0.25, -0.2) is 4.99 Å². The standard InChI is InChI=1S/C20H13N3O4S/c24-20-22-19(21-14-6-2-1-3-7-14)18(28-20)12-16-9-10-17(27-16)13-5-4-8-15(11-13)23(25)26/h1-12H,(H,21,22,24). The van der Waals surface area contributed by atoms with Crippen LogP contribution in [0.1, 0.15) is 5.76 Å². The van der Waals surface area contributed by atoms with Gasteiger partial charge in [-0.1, -0.05) is 30.3 Å². The molecule has 1 aliphatic heterocycles. The van der Waals surface area contributed by atoms with Crippen LogP contribution in [0.5, 0.6) is 0 Å². The molecule has 1 aromatic heterocycles. The molecule has 28 heavy (non-hydrogen) atoms. The van der Waals surface area contributed by atoms with E-state index in [0.717, 1.165) is 17.4 Å². The van der Waals surface area contributed by atoms with E-state index < -0.39 is 4.92 Å². The minimum Gasteiger partial charge on any atom is -0.457 e. The summed E-state index contributed by atoms with van der Waals surface area (Å²) in [4.78, 5) is 27.4. The van der Waals surface area contributed by atoms with Crippen LogP contribution in [0, 0.1) is 10.1 Å². The van der Waals surface area contributed by atoms with Gasteiger partial charge < -0.3 is 9.73 Å². The fourth-order valence-electron chi connectivity index (χ4n) is 2.63. The minimum atomic E-state index is -0.450. The highest BCUT2D eigenvalue weighted by Gasteiger charge is 2.24. The maximum atomic E-state index is 11.8. The molecule has 0 unspecified atom stereocenters. The summed E-state index contributed by atoms with van der Waals surface area (Å²) in [5.74, 6) is 1.47. The van der Waals surface area contributed by atoms with E-state index in [4.69, 9.17) is 4.42 Å². The molecular formula is C20H13N3O4S. The Balaban J connectivity index is 1.64. The van der Waals surface area contributed by atoms with E-state index in [2.05, 4.69) is 10.3 Å². The first-order chi connectivity index (χ1) is 13.6. The van der Waals surface area contributed by atoms with E-state index in [9.17, 15) is 14.9 Å². The van der Waals surface area contributed by atoms with E-state index in [0.29, 0.717) is 27.8 Å². The van der Waals surface area contributed by atoms with Gasteiger partial charge in [-0.15, -0.1) is 0 Å². The predicted molar refractivity (Wildman–Crippen MR) is 108 cm³/mol. The Labute approximate surface area is 163 Å². The summed E-state index contributed by atoms with van der Waals surface area (Å²) in [6.45, 7) is 0. The first-order valence-electron chi connectivity index (χ1n) is 8.28. The zero-order valence-corrected chi connectivity index (χ0v) is 15.2. The van der Waals surface area contributed by atoms with Gasteiger partial charge in [-0.3, -0.25) is 14.9 Å². The van der Waals surface area contributed by atoms with Crippen molar-refractivity contribution in [1.29, 1.82) is 0 Å². The molecule has 3 aromatic rings. The third-order valence-electron chi connectivity index (χ3n) is 3.90. The maximum absolute atomic E-state index is 11.8. The lowest BCUT2D eigenvalue weighted by molar-refractivity contribution is -0.384. The van der Waals surface area contributed by atoms with Crippen LogP contribution in [0.15, 0.2) is 81.0 Å². The van der Waals surface area contributed by atoms with E-state index in [-0.39, 0.29) is 10.9 Å². The predicted octanol–water partition coefficient (Wildman–Crippen LogP) is 5.38. The molecule has 1 saturated heterocycles. The normalized spacial score (nSPS) is 16.5. The van der Waals surface area contributed by atoms with Crippen molar-refractivity contribution >= 4 is 40.3 Å². The van der Waals surface area contributed by atoms with Crippen molar-refractivity contribution in [3.8, 4) is 11.3 Å². The second kappa shape index (κ2) is 7.53. The number of nitrogens with zero attached hydrogens (tertiary/aromatic N) is 2. The molecule has 0 spiro atoms. The number of aliphatic imine (C=N–C) groups is 1. The van der Waals surface area contributed by atoms with Crippen LogP contribution < -0.4 is 5.32 Å². The first-order valence-corrected chi connectivity index (χ1v) is 9.09. The van der Waals surface area contributed by atoms with E-state index >= 15 is 0 Å². The molecule has 0 atom stereocenters. The van der Waals surface area contributed by atoms with Gasteiger partial charge in [-0.2, -0.15) is 0 Å². The average Bonchev–Trinajstić information content (AvgIpc) is 3.29. The quantitative estimate of drug-likeness (QED) is 0.475. The van der Waals surface area contributed by atoms with Crippen LogP contribution in [0.2, 0.25) is 0 Å². The van der Waals surface area contributed by atoms with Gasteiger partial charge in [0.15, 0.2) is 0 Å². The number of amides is 1. The molecule has 2 heterocycles. The van der Waals surface area contributed by atoms with Crippen LogP contribution >= 0.6 is 11.8 Å². The van der Waals surface area contributed by atoms with Crippen molar-refractivity contribution in [2.45, 2.75) is 0 Å². The molecule has 4 rings (SSSR count). The average molecular weight is 391 g/mol. The number of para-hydroxylation sites is 1. The number of benzene rings is 2. The molecule has 0 bridgehead atoms. The monoisotopic (exact) mass is 391 g/mol. The lowest BCUT2D eigenvalue weighted by atomic mass is 10.1. The van der Waals surface area contributed by atoms with Crippen molar-refractivity contribution in [3.05, 3.63) is 87.5 Å². The van der Waals surface area contributed by atoms with Gasteiger partial charge in [-0.05, 0) is 42.1 Å². The number of thioether (sulfide) groups is 1. The number of nitrogens with one attached hydrogen (secondary N) is 1. The Hall–Kier alpha value is -3.65.